The summed E-state index contributed by atoms with van der Waals surface area (Å²) in [5.41, 5.74) is 2.82. The van der Waals surface area contributed by atoms with Crippen LogP contribution in [0.25, 0.3) is 0 Å². The molecule has 0 aliphatic rings. The molecule has 0 amide bonds. The first kappa shape index (κ1) is 15.3. The minimum Gasteiger partial charge on any atom is -0.490 e. The maximum Gasteiger partial charge on any atom is 0.170 e. The number of hydrogen-bond acceptors (Lipinski definition) is 3. The Morgan fingerprint density at radius 2 is 1.71 bits per heavy atom. The number of para-hydroxylation sites is 1. The molecule has 0 N–H and O–H groups in total. The topological polar surface area (TPSA) is 35.5 Å². The van der Waals surface area contributed by atoms with Crippen molar-refractivity contribution in [3.05, 3.63) is 65.2 Å². The Morgan fingerprint density at radius 3 is 2.43 bits per heavy atom. The normalized spacial score (nSPS) is 10.4. The van der Waals surface area contributed by atoms with E-state index in [0.717, 1.165) is 5.56 Å². The third-order valence-corrected chi connectivity index (χ3v) is 3.22. The number of Topliss-reactive ketones (excluding diaryl/α,β-unsaturated/α-hetero) is 1. The number of carbonyl (C=O) groups is 1. The van der Waals surface area contributed by atoms with Crippen LogP contribution in [0.3, 0.4) is 0 Å². The lowest BCUT2D eigenvalue weighted by atomic mass is 10.0. The number of aryl methyl sites for hydroxylation is 1. The maximum absolute atomic E-state index is 12.4. The first-order chi connectivity index (χ1) is 10.2. The van der Waals surface area contributed by atoms with E-state index < -0.39 is 0 Å². The summed E-state index contributed by atoms with van der Waals surface area (Å²) in [6, 6.07) is 15.4. The molecule has 0 saturated carbocycles. The highest BCUT2D eigenvalue weighted by Crippen LogP contribution is 2.20. The quantitative estimate of drug-likeness (QED) is 0.577. The molecular formula is C18H20O3. The van der Waals surface area contributed by atoms with Gasteiger partial charge in [-0.3, -0.25) is 4.79 Å². The molecule has 0 radical (unpaired) electrons. The standard InChI is InChI=1S/C18H20O3/c1-14-7-9-15(10-8-14)13-17(19)16-5-3-4-6-18(16)21-12-11-20-2/h3-10H,11-13H2,1-2H3. The molecule has 2 aromatic rings. The van der Waals surface area contributed by atoms with Gasteiger partial charge in [0.1, 0.15) is 12.4 Å². The molecule has 0 aromatic heterocycles. The highest BCUT2D eigenvalue weighted by atomic mass is 16.5. The van der Waals surface area contributed by atoms with Crippen molar-refractivity contribution in [3.63, 3.8) is 0 Å². The van der Waals surface area contributed by atoms with Crippen molar-refractivity contribution in [2.24, 2.45) is 0 Å². The Hall–Kier alpha value is -2.13. The highest BCUT2D eigenvalue weighted by molar-refractivity contribution is 5.99. The van der Waals surface area contributed by atoms with E-state index in [2.05, 4.69) is 0 Å². The lowest BCUT2D eigenvalue weighted by Gasteiger charge is -2.10. The van der Waals surface area contributed by atoms with Crippen molar-refractivity contribution < 1.29 is 14.3 Å². The summed E-state index contributed by atoms with van der Waals surface area (Å²) >= 11 is 0. The second-order valence-corrected chi connectivity index (χ2v) is 4.92. The minimum atomic E-state index is 0.0619. The van der Waals surface area contributed by atoms with Gasteiger partial charge in [0.2, 0.25) is 0 Å². The van der Waals surface area contributed by atoms with Gasteiger partial charge in [0.05, 0.1) is 12.2 Å². The summed E-state index contributed by atoms with van der Waals surface area (Å²) in [7, 11) is 1.62. The summed E-state index contributed by atoms with van der Waals surface area (Å²) in [4.78, 5) is 12.4. The molecule has 2 aromatic carbocycles. The largest absolute Gasteiger partial charge is 0.490 e. The molecule has 21 heavy (non-hydrogen) atoms. The van der Waals surface area contributed by atoms with Crippen molar-refractivity contribution in [1.29, 1.82) is 0 Å². The van der Waals surface area contributed by atoms with Gasteiger partial charge in [-0.05, 0) is 24.6 Å². The zero-order valence-electron chi connectivity index (χ0n) is 12.5. The van der Waals surface area contributed by atoms with Gasteiger partial charge in [-0.1, -0.05) is 42.0 Å². The molecule has 110 valence electrons. The Balaban J connectivity index is 2.09. The second kappa shape index (κ2) is 7.60. The summed E-state index contributed by atoms with van der Waals surface area (Å²) in [6.45, 7) is 2.97. The fourth-order valence-corrected chi connectivity index (χ4v) is 2.04. The summed E-state index contributed by atoms with van der Waals surface area (Å²) < 4.78 is 10.6. The molecule has 3 nitrogen and oxygen atoms in total. The number of benzene rings is 2. The van der Waals surface area contributed by atoms with Crippen molar-refractivity contribution in [2.75, 3.05) is 20.3 Å². The highest BCUT2D eigenvalue weighted by Gasteiger charge is 2.12. The van der Waals surface area contributed by atoms with E-state index in [4.69, 9.17) is 9.47 Å². The van der Waals surface area contributed by atoms with Crippen LogP contribution in [0.2, 0.25) is 0 Å². The van der Waals surface area contributed by atoms with Crippen LogP contribution in [0.1, 0.15) is 21.5 Å². The number of carbonyl (C=O) groups excluding carboxylic acids is 1. The van der Waals surface area contributed by atoms with Crippen LogP contribution in [0.4, 0.5) is 0 Å². The number of methoxy groups -OCH3 is 1. The predicted molar refractivity (Wildman–Crippen MR) is 83.0 cm³/mol. The fourth-order valence-electron chi connectivity index (χ4n) is 2.04. The molecule has 0 bridgehead atoms. The first-order valence-corrected chi connectivity index (χ1v) is 7.00. The van der Waals surface area contributed by atoms with E-state index >= 15 is 0 Å². The van der Waals surface area contributed by atoms with Crippen LogP contribution in [0, 0.1) is 6.92 Å². The smallest absolute Gasteiger partial charge is 0.170 e. The Bertz CT molecular complexity index is 588. The van der Waals surface area contributed by atoms with E-state index in [1.807, 2.05) is 49.4 Å². The van der Waals surface area contributed by atoms with Crippen molar-refractivity contribution >= 4 is 5.78 Å². The van der Waals surface area contributed by atoms with Gasteiger partial charge >= 0.3 is 0 Å². The SMILES string of the molecule is COCCOc1ccccc1C(=O)Cc1ccc(C)cc1. The second-order valence-electron chi connectivity index (χ2n) is 4.92. The van der Waals surface area contributed by atoms with Crippen LogP contribution in [-0.4, -0.2) is 26.1 Å². The Labute approximate surface area is 125 Å². The monoisotopic (exact) mass is 284 g/mol. The van der Waals surface area contributed by atoms with Crippen LogP contribution >= 0.6 is 0 Å². The molecule has 0 unspecified atom stereocenters. The molecular weight excluding hydrogens is 264 g/mol. The predicted octanol–water partition coefficient (Wildman–Crippen LogP) is 3.45. The lowest BCUT2D eigenvalue weighted by Crippen LogP contribution is -2.10. The van der Waals surface area contributed by atoms with Crippen molar-refractivity contribution in [3.8, 4) is 5.75 Å². The minimum absolute atomic E-state index is 0.0619. The maximum atomic E-state index is 12.4. The number of ether oxygens (including phenoxy) is 2. The third kappa shape index (κ3) is 4.43. The molecule has 0 heterocycles. The Morgan fingerprint density at radius 1 is 1.00 bits per heavy atom. The van der Waals surface area contributed by atoms with Gasteiger partial charge in [0, 0.05) is 13.5 Å². The van der Waals surface area contributed by atoms with E-state index in [9.17, 15) is 4.79 Å². The van der Waals surface area contributed by atoms with Gasteiger partial charge in [-0.15, -0.1) is 0 Å². The van der Waals surface area contributed by atoms with Crippen molar-refractivity contribution in [1.82, 2.24) is 0 Å². The van der Waals surface area contributed by atoms with Crippen LogP contribution < -0.4 is 4.74 Å². The molecule has 0 fully saturated rings. The number of hydrogen-bond donors (Lipinski definition) is 0. The van der Waals surface area contributed by atoms with Crippen molar-refractivity contribution in [2.45, 2.75) is 13.3 Å². The van der Waals surface area contributed by atoms with Crippen LogP contribution in [0.15, 0.2) is 48.5 Å². The van der Waals surface area contributed by atoms with E-state index in [1.54, 1.807) is 13.2 Å². The van der Waals surface area contributed by atoms with E-state index in [-0.39, 0.29) is 5.78 Å². The first-order valence-electron chi connectivity index (χ1n) is 7.00. The third-order valence-electron chi connectivity index (χ3n) is 3.22. The molecule has 0 aliphatic heterocycles. The zero-order valence-corrected chi connectivity index (χ0v) is 12.5. The zero-order chi connectivity index (χ0) is 15.1. The summed E-state index contributed by atoms with van der Waals surface area (Å²) in [5.74, 6) is 0.679. The molecule has 2 rings (SSSR count). The van der Waals surface area contributed by atoms with E-state index in [1.165, 1.54) is 5.56 Å². The molecule has 0 saturated heterocycles. The van der Waals surface area contributed by atoms with Gasteiger partial charge < -0.3 is 9.47 Å². The average Bonchev–Trinajstić information content (AvgIpc) is 2.50. The molecule has 0 aliphatic carbocycles. The number of ketones is 1. The molecule has 0 atom stereocenters. The summed E-state index contributed by atoms with van der Waals surface area (Å²) in [6.07, 6.45) is 0.380. The van der Waals surface area contributed by atoms with E-state index in [0.29, 0.717) is 30.9 Å². The Kier molecular flexibility index (Phi) is 5.52. The lowest BCUT2D eigenvalue weighted by molar-refractivity contribution is 0.0985. The molecule has 0 spiro atoms. The fraction of sp³-hybridized carbons (Fsp3) is 0.278. The number of rotatable bonds is 7. The van der Waals surface area contributed by atoms with Gasteiger partial charge in [-0.2, -0.15) is 0 Å². The van der Waals surface area contributed by atoms with Gasteiger partial charge in [-0.25, -0.2) is 0 Å². The molecule has 3 heteroatoms. The average molecular weight is 284 g/mol. The van der Waals surface area contributed by atoms with Gasteiger partial charge in [0.15, 0.2) is 5.78 Å². The van der Waals surface area contributed by atoms with Gasteiger partial charge in [0.25, 0.3) is 0 Å². The van der Waals surface area contributed by atoms with Crippen LogP contribution in [-0.2, 0) is 11.2 Å². The summed E-state index contributed by atoms with van der Waals surface area (Å²) in [5, 5.41) is 0. The van der Waals surface area contributed by atoms with Crippen LogP contribution in [0.5, 0.6) is 5.75 Å².